The first-order valence-corrected chi connectivity index (χ1v) is 7.36. The van der Waals surface area contributed by atoms with Gasteiger partial charge >= 0.3 is 0 Å². The van der Waals surface area contributed by atoms with Gasteiger partial charge in [0.1, 0.15) is 17.9 Å². The SMILES string of the molecule is COc1ccc(-c2cc(-c3ccc(F)cc3)n3ncnc3n2)cc1. The molecule has 0 aliphatic rings. The van der Waals surface area contributed by atoms with E-state index in [0.29, 0.717) is 5.78 Å². The molecule has 0 radical (unpaired) electrons. The Hall–Kier alpha value is -3.28. The molecular formula is C18H13FN4O. The highest BCUT2D eigenvalue weighted by Gasteiger charge is 2.11. The van der Waals surface area contributed by atoms with Gasteiger partial charge in [0.15, 0.2) is 0 Å². The van der Waals surface area contributed by atoms with E-state index in [0.717, 1.165) is 28.3 Å². The van der Waals surface area contributed by atoms with E-state index >= 15 is 0 Å². The predicted molar refractivity (Wildman–Crippen MR) is 88.2 cm³/mol. The molecule has 118 valence electrons. The van der Waals surface area contributed by atoms with Crippen LogP contribution in [-0.4, -0.2) is 26.7 Å². The van der Waals surface area contributed by atoms with E-state index in [2.05, 4.69) is 15.1 Å². The molecule has 0 saturated carbocycles. The number of benzene rings is 2. The zero-order chi connectivity index (χ0) is 16.5. The van der Waals surface area contributed by atoms with E-state index in [1.807, 2.05) is 30.3 Å². The quantitative estimate of drug-likeness (QED) is 0.579. The molecule has 2 heterocycles. The molecular weight excluding hydrogens is 307 g/mol. The Balaban J connectivity index is 1.89. The summed E-state index contributed by atoms with van der Waals surface area (Å²) in [7, 11) is 1.63. The van der Waals surface area contributed by atoms with E-state index < -0.39 is 0 Å². The normalized spacial score (nSPS) is 10.9. The van der Waals surface area contributed by atoms with Crippen LogP contribution in [0, 0.1) is 5.82 Å². The molecule has 5 nitrogen and oxygen atoms in total. The molecule has 4 rings (SSSR count). The van der Waals surface area contributed by atoms with Gasteiger partial charge in [0.2, 0.25) is 0 Å². The minimum Gasteiger partial charge on any atom is -0.497 e. The van der Waals surface area contributed by atoms with Crippen LogP contribution in [0.2, 0.25) is 0 Å². The predicted octanol–water partition coefficient (Wildman–Crippen LogP) is 3.61. The lowest BCUT2D eigenvalue weighted by Crippen LogP contribution is -1.99. The first-order valence-electron chi connectivity index (χ1n) is 7.36. The average Bonchev–Trinajstić information content (AvgIpc) is 3.10. The Kier molecular flexibility index (Phi) is 3.42. The fourth-order valence-corrected chi connectivity index (χ4v) is 2.55. The van der Waals surface area contributed by atoms with Crippen LogP contribution in [-0.2, 0) is 0 Å². The van der Waals surface area contributed by atoms with Crippen LogP contribution in [0.5, 0.6) is 5.75 Å². The lowest BCUT2D eigenvalue weighted by atomic mass is 10.1. The smallest absolute Gasteiger partial charge is 0.253 e. The first kappa shape index (κ1) is 14.3. The van der Waals surface area contributed by atoms with Crippen molar-refractivity contribution in [1.29, 1.82) is 0 Å². The second-order valence-corrected chi connectivity index (χ2v) is 5.23. The zero-order valence-electron chi connectivity index (χ0n) is 12.8. The van der Waals surface area contributed by atoms with Crippen molar-refractivity contribution in [3.8, 4) is 28.3 Å². The molecule has 0 amide bonds. The lowest BCUT2D eigenvalue weighted by molar-refractivity contribution is 0.415. The van der Waals surface area contributed by atoms with Crippen molar-refractivity contribution in [1.82, 2.24) is 19.6 Å². The fourth-order valence-electron chi connectivity index (χ4n) is 2.55. The number of ether oxygens (including phenoxy) is 1. The molecule has 0 bridgehead atoms. The van der Waals surface area contributed by atoms with Gasteiger partial charge in [-0.1, -0.05) is 0 Å². The monoisotopic (exact) mass is 320 g/mol. The van der Waals surface area contributed by atoms with Crippen molar-refractivity contribution in [3.05, 3.63) is 66.7 Å². The summed E-state index contributed by atoms with van der Waals surface area (Å²) >= 11 is 0. The number of nitrogens with zero attached hydrogens (tertiary/aromatic N) is 4. The van der Waals surface area contributed by atoms with Crippen molar-refractivity contribution in [2.45, 2.75) is 0 Å². The molecule has 0 fully saturated rings. The molecule has 0 saturated heterocycles. The van der Waals surface area contributed by atoms with Crippen molar-refractivity contribution in [2.75, 3.05) is 7.11 Å². The Bertz CT molecular complexity index is 994. The summed E-state index contributed by atoms with van der Waals surface area (Å²) in [6, 6.07) is 15.8. The van der Waals surface area contributed by atoms with E-state index in [-0.39, 0.29) is 5.82 Å². The second kappa shape index (κ2) is 5.73. The minimum atomic E-state index is -0.280. The molecule has 0 N–H and O–H groups in total. The molecule has 0 unspecified atom stereocenters. The van der Waals surface area contributed by atoms with Crippen molar-refractivity contribution in [3.63, 3.8) is 0 Å². The van der Waals surface area contributed by atoms with Gasteiger partial charge in [-0.2, -0.15) is 14.6 Å². The highest BCUT2D eigenvalue weighted by Crippen LogP contribution is 2.26. The third kappa shape index (κ3) is 2.48. The van der Waals surface area contributed by atoms with Crippen LogP contribution in [0.15, 0.2) is 60.9 Å². The Morgan fingerprint density at radius 3 is 2.38 bits per heavy atom. The fraction of sp³-hybridized carbons (Fsp3) is 0.0556. The maximum Gasteiger partial charge on any atom is 0.253 e. The van der Waals surface area contributed by atoms with E-state index in [1.165, 1.54) is 18.5 Å². The van der Waals surface area contributed by atoms with Crippen LogP contribution in [0.3, 0.4) is 0 Å². The third-order valence-corrected chi connectivity index (χ3v) is 3.78. The van der Waals surface area contributed by atoms with Gasteiger partial charge in [0.05, 0.1) is 18.5 Å². The maximum atomic E-state index is 13.2. The van der Waals surface area contributed by atoms with Gasteiger partial charge in [0, 0.05) is 11.1 Å². The van der Waals surface area contributed by atoms with E-state index in [4.69, 9.17) is 4.74 Å². The summed E-state index contributed by atoms with van der Waals surface area (Å²) < 4.78 is 20.0. The van der Waals surface area contributed by atoms with Crippen LogP contribution >= 0.6 is 0 Å². The summed E-state index contributed by atoms with van der Waals surface area (Å²) in [6.07, 6.45) is 1.45. The van der Waals surface area contributed by atoms with Crippen LogP contribution in [0.25, 0.3) is 28.3 Å². The Morgan fingerprint density at radius 2 is 1.67 bits per heavy atom. The zero-order valence-corrected chi connectivity index (χ0v) is 12.8. The maximum absolute atomic E-state index is 13.2. The first-order chi connectivity index (χ1) is 11.7. The number of rotatable bonds is 3. The molecule has 2 aromatic carbocycles. The number of hydrogen-bond donors (Lipinski definition) is 0. The lowest BCUT2D eigenvalue weighted by Gasteiger charge is -2.08. The highest BCUT2D eigenvalue weighted by atomic mass is 19.1. The molecule has 4 aromatic rings. The summed E-state index contributed by atoms with van der Waals surface area (Å²) in [6.45, 7) is 0. The van der Waals surface area contributed by atoms with Crippen LogP contribution < -0.4 is 4.74 Å². The highest BCUT2D eigenvalue weighted by molar-refractivity contribution is 5.70. The summed E-state index contributed by atoms with van der Waals surface area (Å²) in [5, 5.41) is 4.21. The van der Waals surface area contributed by atoms with E-state index in [1.54, 1.807) is 23.8 Å². The van der Waals surface area contributed by atoms with Gasteiger partial charge in [-0.15, -0.1) is 0 Å². The van der Waals surface area contributed by atoms with Gasteiger partial charge < -0.3 is 4.74 Å². The average molecular weight is 320 g/mol. The van der Waals surface area contributed by atoms with Crippen LogP contribution in [0.1, 0.15) is 0 Å². The number of aromatic nitrogens is 4. The van der Waals surface area contributed by atoms with Gasteiger partial charge in [-0.3, -0.25) is 0 Å². The van der Waals surface area contributed by atoms with Gasteiger partial charge in [0.25, 0.3) is 5.78 Å². The number of halogens is 1. The molecule has 0 aliphatic heterocycles. The standard InChI is InChI=1S/C18H13FN4O/c1-24-15-8-4-12(5-9-15)16-10-17(13-2-6-14(19)7-3-13)23-18(22-16)20-11-21-23/h2-11H,1H3. The van der Waals surface area contributed by atoms with E-state index in [9.17, 15) is 4.39 Å². The molecule has 24 heavy (non-hydrogen) atoms. The Morgan fingerprint density at radius 1 is 0.958 bits per heavy atom. The number of hydrogen-bond acceptors (Lipinski definition) is 4. The second-order valence-electron chi connectivity index (χ2n) is 5.23. The third-order valence-electron chi connectivity index (χ3n) is 3.78. The van der Waals surface area contributed by atoms with Gasteiger partial charge in [-0.05, 0) is 54.6 Å². The molecule has 2 aromatic heterocycles. The molecule has 6 heteroatoms. The largest absolute Gasteiger partial charge is 0.497 e. The topological polar surface area (TPSA) is 52.3 Å². The van der Waals surface area contributed by atoms with Gasteiger partial charge in [-0.25, -0.2) is 9.37 Å². The summed E-state index contributed by atoms with van der Waals surface area (Å²) in [5.41, 5.74) is 3.33. The number of methoxy groups -OCH3 is 1. The van der Waals surface area contributed by atoms with Crippen LogP contribution in [0.4, 0.5) is 4.39 Å². The minimum absolute atomic E-state index is 0.280. The summed E-state index contributed by atoms with van der Waals surface area (Å²) in [5.74, 6) is 0.988. The molecule has 0 atom stereocenters. The van der Waals surface area contributed by atoms with Crippen molar-refractivity contribution in [2.24, 2.45) is 0 Å². The molecule has 0 aliphatic carbocycles. The Labute approximate surface area is 137 Å². The summed E-state index contributed by atoms with van der Waals surface area (Å²) in [4.78, 5) is 8.72. The molecule has 0 spiro atoms. The van der Waals surface area contributed by atoms with Crippen molar-refractivity contribution >= 4 is 5.78 Å². The number of fused-ring (bicyclic) bond motifs is 1. The van der Waals surface area contributed by atoms with Crippen molar-refractivity contribution < 1.29 is 9.13 Å².